The third kappa shape index (κ3) is 4.50. The molecule has 4 atom stereocenters. The number of rotatable bonds is 6. The van der Waals surface area contributed by atoms with Gasteiger partial charge in [0.15, 0.2) is 12.1 Å². The highest BCUT2D eigenvalue weighted by atomic mass is 16.7. The van der Waals surface area contributed by atoms with Crippen LogP contribution in [0, 0.1) is 0 Å². The predicted molar refractivity (Wildman–Crippen MR) is 106 cm³/mol. The van der Waals surface area contributed by atoms with E-state index in [-0.39, 0.29) is 30.5 Å². The number of fused-ring (bicyclic) bond motifs is 1. The van der Waals surface area contributed by atoms with Gasteiger partial charge in [-0.15, -0.1) is 0 Å². The molecule has 4 rings (SSSR count). The predicted octanol–water partition coefficient (Wildman–Crippen LogP) is 3.71. The summed E-state index contributed by atoms with van der Waals surface area (Å²) >= 11 is 0. The molecule has 0 aromatic heterocycles. The summed E-state index contributed by atoms with van der Waals surface area (Å²) in [5.41, 5.74) is 1.56. The Morgan fingerprint density at radius 1 is 0.931 bits per heavy atom. The summed E-state index contributed by atoms with van der Waals surface area (Å²) in [4.78, 5) is 12.5. The minimum atomic E-state index is -0.451. The van der Waals surface area contributed by atoms with E-state index in [1.807, 2.05) is 36.4 Å². The quantitative estimate of drug-likeness (QED) is 0.548. The lowest BCUT2D eigenvalue weighted by atomic mass is 10.0. The van der Waals surface area contributed by atoms with Gasteiger partial charge >= 0.3 is 0 Å². The zero-order chi connectivity index (χ0) is 20.2. The lowest BCUT2D eigenvalue weighted by Crippen LogP contribution is -2.45. The fourth-order valence-electron chi connectivity index (χ4n) is 3.47. The minimum absolute atomic E-state index is 0.0227. The third-order valence-corrected chi connectivity index (χ3v) is 5.11. The van der Waals surface area contributed by atoms with E-state index in [2.05, 4.69) is 0 Å². The van der Waals surface area contributed by atoms with Crippen molar-refractivity contribution in [2.24, 2.45) is 0 Å². The molecule has 6 nitrogen and oxygen atoms in total. The van der Waals surface area contributed by atoms with Crippen molar-refractivity contribution in [2.45, 2.75) is 31.0 Å². The van der Waals surface area contributed by atoms with Crippen LogP contribution in [0.4, 0.5) is 0 Å². The van der Waals surface area contributed by atoms with Gasteiger partial charge in [-0.2, -0.15) is 0 Å². The van der Waals surface area contributed by atoms with Crippen molar-refractivity contribution in [3.8, 4) is 11.5 Å². The van der Waals surface area contributed by atoms with Gasteiger partial charge in [-0.25, -0.2) is 0 Å². The number of carbonyl (C=O) groups excluding carboxylic acids is 1. The van der Waals surface area contributed by atoms with Gasteiger partial charge in [0.2, 0.25) is 0 Å². The summed E-state index contributed by atoms with van der Waals surface area (Å²) in [5, 5.41) is 0. The molecule has 0 amide bonds. The molecule has 2 aromatic rings. The Morgan fingerprint density at radius 2 is 1.59 bits per heavy atom. The number of carbonyl (C=O) groups is 1. The second kappa shape index (κ2) is 8.78. The summed E-state index contributed by atoms with van der Waals surface area (Å²) in [6.07, 6.45) is 2.96. The maximum atomic E-state index is 12.5. The molecule has 29 heavy (non-hydrogen) atoms. The molecule has 0 spiro atoms. The highest BCUT2D eigenvalue weighted by Gasteiger charge is 2.36. The molecule has 1 saturated heterocycles. The van der Waals surface area contributed by atoms with Crippen LogP contribution in [0.5, 0.6) is 11.5 Å². The number of ketones is 1. The number of hydrogen-bond donors (Lipinski definition) is 0. The Hall–Kier alpha value is -2.67. The maximum absolute atomic E-state index is 12.5. The van der Waals surface area contributed by atoms with Gasteiger partial charge in [0.05, 0.1) is 26.9 Å². The summed E-state index contributed by atoms with van der Waals surface area (Å²) in [6, 6.07) is 14.7. The second-order valence-electron chi connectivity index (χ2n) is 6.99. The first-order valence-corrected chi connectivity index (χ1v) is 9.58. The minimum Gasteiger partial charge on any atom is -0.497 e. The molecular formula is C23H24O6. The standard InChI is InChI=1S/C23H24O6/c1-25-17-7-3-15(4-8-17)20(24)13-19-11-12-21-22(28-19)14-27-23(29-21)16-5-9-18(26-2)10-6-16/h3-12,19,21-23H,13-14H2,1-2H3. The first-order valence-electron chi connectivity index (χ1n) is 9.58. The zero-order valence-corrected chi connectivity index (χ0v) is 16.4. The topological polar surface area (TPSA) is 63.2 Å². The van der Waals surface area contributed by atoms with Gasteiger partial charge in [0.25, 0.3) is 0 Å². The van der Waals surface area contributed by atoms with Crippen molar-refractivity contribution in [1.82, 2.24) is 0 Å². The first kappa shape index (κ1) is 19.6. The van der Waals surface area contributed by atoms with E-state index in [0.717, 1.165) is 17.1 Å². The normalized spacial score (nSPS) is 25.9. The van der Waals surface area contributed by atoms with Crippen molar-refractivity contribution in [1.29, 1.82) is 0 Å². The number of hydrogen-bond acceptors (Lipinski definition) is 6. The fraction of sp³-hybridized carbons (Fsp3) is 0.348. The van der Waals surface area contributed by atoms with Crippen LogP contribution in [0.3, 0.4) is 0 Å². The van der Waals surface area contributed by atoms with Gasteiger partial charge < -0.3 is 23.7 Å². The molecule has 2 aliphatic rings. The SMILES string of the molecule is COc1ccc(C(=O)CC2C=CC3OC(c4ccc(OC)cc4)OCC3O2)cc1. The number of ether oxygens (including phenoxy) is 5. The highest BCUT2D eigenvalue weighted by molar-refractivity contribution is 5.96. The van der Waals surface area contributed by atoms with E-state index >= 15 is 0 Å². The molecule has 0 radical (unpaired) electrons. The Labute approximate surface area is 170 Å². The summed E-state index contributed by atoms with van der Waals surface area (Å²) < 4.78 is 28.2. The molecule has 4 unspecified atom stereocenters. The van der Waals surface area contributed by atoms with Crippen molar-refractivity contribution in [2.75, 3.05) is 20.8 Å². The van der Waals surface area contributed by atoms with Crippen LogP contribution in [0.15, 0.2) is 60.7 Å². The Bertz CT molecular complexity index is 858. The lowest BCUT2D eigenvalue weighted by Gasteiger charge is -2.39. The van der Waals surface area contributed by atoms with Crippen molar-refractivity contribution in [3.05, 3.63) is 71.8 Å². The molecule has 152 valence electrons. The van der Waals surface area contributed by atoms with Crippen LogP contribution in [0.1, 0.15) is 28.6 Å². The smallest absolute Gasteiger partial charge is 0.184 e. The molecule has 2 heterocycles. The largest absolute Gasteiger partial charge is 0.497 e. The van der Waals surface area contributed by atoms with Crippen LogP contribution < -0.4 is 9.47 Å². The van der Waals surface area contributed by atoms with Crippen LogP contribution in [-0.2, 0) is 14.2 Å². The fourth-order valence-corrected chi connectivity index (χ4v) is 3.47. The molecule has 0 bridgehead atoms. The van der Waals surface area contributed by atoms with Gasteiger partial charge in [-0.3, -0.25) is 4.79 Å². The summed E-state index contributed by atoms with van der Waals surface area (Å²) in [7, 11) is 3.23. The van der Waals surface area contributed by atoms with E-state index in [1.54, 1.807) is 38.5 Å². The highest BCUT2D eigenvalue weighted by Crippen LogP contribution is 2.32. The number of methoxy groups -OCH3 is 2. The van der Waals surface area contributed by atoms with E-state index in [4.69, 9.17) is 23.7 Å². The molecule has 0 saturated carbocycles. The van der Waals surface area contributed by atoms with Crippen LogP contribution in [-0.4, -0.2) is 44.9 Å². The second-order valence-corrected chi connectivity index (χ2v) is 6.99. The molecule has 0 N–H and O–H groups in total. The van der Waals surface area contributed by atoms with E-state index in [1.165, 1.54) is 0 Å². The van der Waals surface area contributed by atoms with Crippen molar-refractivity contribution < 1.29 is 28.5 Å². The molecule has 2 aliphatic heterocycles. The number of Topliss-reactive ketones (excluding diaryl/α,β-unsaturated/α-hetero) is 1. The van der Waals surface area contributed by atoms with E-state index in [9.17, 15) is 4.79 Å². The Kier molecular flexibility index (Phi) is 5.94. The summed E-state index contributed by atoms with van der Waals surface area (Å²) in [5.74, 6) is 1.53. The molecule has 2 aromatic carbocycles. The van der Waals surface area contributed by atoms with Crippen LogP contribution in [0.25, 0.3) is 0 Å². The van der Waals surface area contributed by atoms with Gasteiger partial charge in [-0.1, -0.05) is 24.3 Å². The molecule has 1 fully saturated rings. The van der Waals surface area contributed by atoms with Crippen molar-refractivity contribution >= 4 is 5.78 Å². The lowest BCUT2D eigenvalue weighted by molar-refractivity contribution is -0.261. The van der Waals surface area contributed by atoms with Gasteiger partial charge in [0, 0.05) is 17.5 Å². The average molecular weight is 396 g/mol. The summed E-state index contributed by atoms with van der Waals surface area (Å²) in [6.45, 7) is 0.402. The van der Waals surface area contributed by atoms with E-state index < -0.39 is 6.29 Å². The van der Waals surface area contributed by atoms with Crippen molar-refractivity contribution in [3.63, 3.8) is 0 Å². The van der Waals surface area contributed by atoms with Crippen LogP contribution >= 0.6 is 0 Å². The Morgan fingerprint density at radius 3 is 2.24 bits per heavy atom. The van der Waals surface area contributed by atoms with Crippen LogP contribution in [0.2, 0.25) is 0 Å². The maximum Gasteiger partial charge on any atom is 0.184 e. The van der Waals surface area contributed by atoms with Gasteiger partial charge in [0.1, 0.15) is 23.7 Å². The zero-order valence-electron chi connectivity index (χ0n) is 16.4. The molecular weight excluding hydrogens is 372 g/mol. The van der Waals surface area contributed by atoms with Gasteiger partial charge in [-0.05, 0) is 36.4 Å². The Balaban J connectivity index is 1.36. The van der Waals surface area contributed by atoms with E-state index in [0.29, 0.717) is 12.2 Å². The molecule has 0 aliphatic carbocycles. The first-order chi connectivity index (χ1) is 14.2. The third-order valence-electron chi connectivity index (χ3n) is 5.11. The number of benzene rings is 2. The average Bonchev–Trinajstić information content (AvgIpc) is 2.79. The monoisotopic (exact) mass is 396 g/mol. The molecule has 6 heteroatoms.